The van der Waals surface area contributed by atoms with Crippen molar-refractivity contribution in [2.24, 2.45) is 11.8 Å². The molecule has 2 aromatic rings. The molecule has 0 spiro atoms. The first-order valence-electron chi connectivity index (χ1n) is 12.5. The van der Waals surface area contributed by atoms with Crippen LogP contribution in [-0.4, -0.2) is 41.8 Å². The number of amides is 2. The van der Waals surface area contributed by atoms with Gasteiger partial charge in [-0.05, 0) is 53.9 Å². The van der Waals surface area contributed by atoms with Gasteiger partial charge in [-0.2, -0.15) is 0 Å². The van der Waals surface area contributed by atoms with Crippen LogP contribution in [0.15, 0.2) is 48.5 Å². The van der Waals surface area contributed by atoms with E-state index in [4.69, 9.17) is 4.74 Å². The number of carboxylic acid groups (broad SMARTS) is 1. The Hall–Kier alpha value is -3.35. The first-order chi connectivity index (χ1) is 16.9. The van der Waals surface area contributed by atoms with Gasteiger partial charge in [0.25, 0.3) is 0 Å². The van der Waals surface area contributed by atoms with Crippen molar-refractivity contribution in [2.45, 2.75) is 64.0 Å². The van der Waals surface area contributed by atoms with Gasteiger partial charge in [0.15, 0.2) is 0 Å². The maximum absolute atomic E-state index is 13.0. The van der Waals surface area contributed by atoms with E-state index in [1.54, 1.807) is 0 Å². The summed E-state index contributed by atoms with van der Waals surface area (Å²) < 4.78 is 5.65. The molecule has 2 aliphatic rings. The molecule has 7 nitrogen and oxygen atoms in total. The van der Waals surface area contributed by atoms with Gasteiger partial charge in [0.05, 0.1) is 5.92 Å². The molecular weight excluding hydrogens is 444 g/mol. The van der Waals surface area contributed by atoms with Gasteiger partial charge in [-0.3, -0.25) is 9.59 Å². The van der Waals surface area contributed by atoms with Crippen molar-refractivity contribution in [3.8, 4) is 11.1 Å². The largest absolute Gasteiger partial charge is 0.481 e. The minimum Gasteiger partial charge on any atom is -0.481 e. The molecule has 0 aromatic heterocycles. The van der Waals surface area contributed by atoms with Gasteiger partial charge in [-0.15, -0.1) is 0 Å². The van der Waals surface area contributed by atoms with E-state index in [0.29, 0.717) is 25.7 Å². The number of benzene rings is 2. The Morgan fingerprint density at radius 1 is 1.03 bits per heavy atom. The van der Waals surface area contributed by atoms with E-state index in [9.17, 15) is 19.5 Å². The van der Waals surface area contributed by atoms with E-state index >= 15 is 0 Å². The average Bonchev–Trinajstić information content (AvgIpc) is 3.45. The lowest BCUT2D eigenvalue weighted by atomic mass is 9.98. The van der Waals surface area contributed by atoms with Gasteiger partial charge >= 0.3 is 12.1 Å². The van der Waals surface area contributed by atoms with Crippen LogP contribution >= 0.6 is 0 Å². The summed E-state index contributed by atoms with van der Waals surface area (Å²) in [6, 6.07) is 15.4. The third kappa shape index (κ3) is 5.66. The highest BCUT2D eigenvalue weighted by molar-refractivity contribution is 5.86. The zero-order valence-electron chi connectivity index (χ0n) is 20.3. The van der Waals surface area contributed by atoms with Crippen LogP contribution in [0.2, 0.25) is 0 Å². The molecular formula is C28H34N2O5. The standard InChI is InChI=1S/C28H34N2O5/c1-3-17(2)14-25(26(31)29-19-13-12-18(15-19)27(32)33)30-28(34)35-16-24-22-10-6-4-8-20(22)21-9-5-7-11-23(21)24/h4-11,17-19,24-25H,3,12-16H2,1-2H3,(H,29,31)(H,30,34)(H,32,33)/t17?,18-,19+,25?/m1/s1. The fraction of sp³-hybridized carbons (Fsp3) is 0.464. The number of ether oxygens (including phenoxy) is 1. The van der Waals surface area contributed by atoms with Crippen molar-refractivity contribution in [1.82, 2.24) is 10.6 Å². The molecule has 2 aliphatic carbocycles. The number of alkyl carbamates (subject to hydrolysis) is 1. The highest BCUT2D eigenvalue weighted by atomic mass is 16.5. The Morgan fingerprint density at radius 3 is 2.23 bits per heavy atom. The second-order valence-electron chi connectivity index (χ2n) is 9.83. The molecule has 2 unspecified atom stereocenters. The van der Waals surface area contributed by atoms with Crippen LogP contribution in [0, 0.1) is 11.8 Å². The Kier molecular flexibility index (Phi) is 7.73. The Bertz CT molecular complexity index is 1040. The van der Waals surface area contributed by atoms with Crippen LogP contribution in [0.4, 0.5) is 4.79 Å². The Morgan fingerprint density at radius 2 is 1.66 bits per heavy atom. The molecule has 0 radical (unpaired) electrons. The number of carbonyl (C=O) groups is 3. The average molecular weight is 479 g/mol. The SMILES string of the molecule is CCC(C)CC(NC(=O)OCC1c2ccccc2-c2ccccc21)C(=O)N[C@H]1CC[C@@H](C(=O)O)C1. The van der Waals surface area contributed by atoms with Gasteiger partial charge in [0.2, 0.25) is 5.91 Å². The van der Waals surface area contributed by atoms with Crippen LogP contribution in [0.25, 0.3) is 11.1 Å². The highest BCUT2D eigenvalue weighted by Crippen LogP contribution is 2.44. The van der Waals surface area contributed by atoms with Crippen molar-refractivity contribution in [1.29, 1.82) is 0 Å². The van der Waals surface area contributed by atoms with Crippen LogP contribution in [0.1, 0.15) is 63.0 Å². The Labute approximate surface area is 206 Å². The number of hydrogen-bond donors (Lipinski definition) is 3. The predicted octanol–water partition coefficient (Wildman–Crippen LogP) is 4.70. The normalized spacial score (nSPS) is 20.4. The molecule has 0 heterocycles. The molecule has 0 saturated heterocycles. The molecule has 1 fully saturated rings. The van der Waals surface area contributed by atoms with E-state index in [-0.39, 0.29) is 30.4 Å². The highest BCUT2D eigenvalue weighted by Gasteiger charge is 2.33. The van der Waals surface area contributed by atoms with Crippen molar-refractivity contribution in [2.75, 3.05) is 6.61 Å². The minimum atomic E-state index is -0.824. The van der Waals surface area contributed by atoms with E-state index < -0.39 is 24.0 Å². The van der Waals surface area contributed by atoms with Crippen molar-refractivity contribution < 1.29 is 24.2 Å². The molecule has 2 aromatic carbocycles. The molecule has 0 bridgehead atoms. The molecule has 1 saturated carbocycles. The zero-order valence-corrected chi connectivity index (χ0v) is 20.3. The number of hydrogen-bond acceptors (Lipinski definition) is 4. The minimum absolute atomic E-state index is 0.0542. The molecule has 4 atom stereocenters. The van der Waals surface area contributed by atoms with Crippen molar-refractivity contribution in [3.05, 3.63) is 59.7 Å². The third-order valence-electron chi connectivity index (χ3n) is 7.42. The van der Waals surface area contributed by atoms with Crippen LogP contribution in [0.5, 0.6) is 0 Å². The summed E-state index contributed by atoms with van der Waals surface area (Å²) in [4.78, 5) is 37.1. The van der Waals surface area contributed by atoms with Gasteiger partial charge in [0.1, 0.15) is 12.6 Å². The van der Waals surface area contributed by atoms with Gasteiger partial charge < -0.3 is 20.5 Å². The maximum atomic E-state index is 13.0. The van der Waals surface area contributed by atoms with E-state index in [1.165, 1.54) is 0 Å². The summed E-state index contributed by atoms with van der Waals surface area (Å²) in [5.74, 6) is -1.36. The second kappa shape index (κ2) is 10.9. The predicted molar refractivity (Wildman–Crippen MR) is 133 cm³/mol. The summed E-state index contributed by atoms with van der Waals surface area (Å²) in [7, 11) is 0. The number of aliphatic carboxylic acids is 1. The van der Waals surface area contributed by atoms with Crippen LogP contribution in [0.3, 0.4) is 0 Å². The number of rotatable bonds is 9. The molecule has 0 aliphatic heterocycles. The van der Waals surface area contributed by atoms with E-state index in [2.05, 4.69) is 34.9 Å². The summed E-state index contributed by atoms with van der Waals surface area (Å²) in [5, 5.41) is 15.0. The number of nitrogens with one attached hydrogen (secondary N) is 2. The molecule has 7 heteroatoms. The number of carboxylic acids is 1. The quantitative estimate of drug-likeness (QED) is 0.485. The lowest BCUT2D eigenvalue weighted by molar-refractivity contribution is -0.141. The molecule has 3 N–H and O–H groups in total. The van der Waals surface area contributed by atoms with Crippen LogP contribution in [-0.2, 0) is 14.3 Å². The first-order valence-corrected chi connectivity index (χ1v) is 12.5. The molecule has 2 amide bonds. The smallest absolute Gasteiger partial charge is 0.407 e. The summed E-state index contributed by atoms with van der Waals surface area (Å²) in [6.07, 6.45) is 2.34. The molecule has 35 heavy (non-hydrogen) atoms. The zero-order chi connectivity index (χ0) is 24.9. The summed E-state index contributed by atoms with van der Waals surface area (Å²) in [5.41, 5.74) is 4.57. The lowest BCUT2D eigenvalue weighted by Crippen LogP contribution is -2.50. The number of carbonyl (C=O) groups excluding carboxylic acids is 2. The fourth-order valence-electron chi connectivity index (χ4n) is 5.22. The first kappa shape index (κ1) is 24.8. The van der Waals surface area contributed by atoms with Crippen molar-refractivity contribution in [3.63, 3.8) is 0 Å². The van der Waals surface area contributed by atoms with Gasteiger partial charge in [-0.25, -0.2) is 4.79 Å². The maximum Gasteiger partial charge on any atom is 0.407 e. The van der Waals surface area contributed by atoms with Gasteiger partial charge in [0, 0.05) is 12.0 Å². The molecule has 4 rings (SSSR count). The third-order valence-corrected chi connectivity index (χ3v) is 7.42. The van der Waals surface area contributed by atoms with Crippen molar-refractivity contribution >= 4 is 18.0 Å². The summed E-state index contributed by atoms with van der Waals surface area (Å²) >= 11 is 0. The topological polar surface area (TPSA) is 105 Å². The Balaban J connectivity index is 1.38. The molecule has 186 valence electrons. The van der Waals surface area contributed by atoms with Crippen LogP contribution < -0.4 is 10.6 Å². The van der Waals surface area contributed by atoms with E-state index in [0.717, 1.165) is 28.7 Å². The van der Waals surface area contributed by atoms with E-state index in [1.807, 2.05) is 38.1 Å². The fourth-order valence-corrected chi connectivity index (χ4v) is 5.22. The lowest BCUT2D eigenvalue weighted by Gasteiger charge is -2.23. The monoisotopic (exact) mass is 478 g/mol. The second-order valence-corrected chi connectivity index (χ2v) is 9.83. The van der Waals surface area contributed by atoms with Gasteiger partial charge in [-0.1, -0.05) is 68.8 Å². The number of fused-ring (bicyclic) bond motifs is 3. The summed E-state index contributed by atoms with van der Waals surface area (Å²) in [6.45, 7) is 4.26.